The number of nitrogen functional groups attached to an aromatic ring is 1. The van der Waals surface area contributed by atoms with Gasteiger partial charge in [-0.05, 0) is 38.1 Å². The van der Waals surface area contributed by atoms with E-state index in [9.17, 15) is 0 Å². The van der Waals surface area contributed by atoms with Gasteiger partial charge in [-0.3, -0.25) is 0 Å². The number of benzene rings is 1. The maximum absolute atomic E-state index is 5.68. The molecule has 0 atom stereocenters. The molecule has 1 heterocycles. The molecule has 2 aromatic rings. The predicted molar refractivity (Wildman–Crippen MR) is 67.9 cm³/mol. The van der Waals surface area contributed by atoms with Gasteiger partial charge in [0.15, 0.2) is 5.13 Å². The van der Waals surface area contributed by atoms with Crippen LogP contribution in [0.5, 0.6) is 5.75 Å². The minimum Gasteiger partial charge on any atom is -0.494 e. The summed E-state index contributed by atoms with van der Waals surface area (Å²) in [5.41, 5.74) is 7.72. The van der Waals surface area contributed by atoms with E-state index < -0.39 is 0 Å². The summed E-state index contributed by atoms with van der Waals surface area (Å²) in [6.07, 6.45) is 0. The van der Waals surface area contributed by atoms with Crippen LogP contribution in [0.15, 0.2) is 24.3 Å². The molecule has 0 saturated carbocycles. The predicted octanol–water partition coefficient (Wildman–Crippen LogP) is 3.10. The van der Waals surface area contributed by atoms with E-state index in [2.05, 4.69) is 4.98 Å². The molecule has 0 aliphatic carbocycles. The van der Waals surface area contributed by atoms with Crippen molar-refractivity contribution in [1.82, 2.24) is 4.98 Å². The second-order valence-corrected chi connectivity index (χ2v) is 4.65. The van der Waals surface area contributed by atoms with Gasteiger partial charge >= 0.3 is 0 Å². The molecule has 0 saturated heterocycles. The zero-order chi connectivity index (χ0) is 11.5. The highest BCUT2D eigenvalue weighted by atomic mass is 32.1. The molecule has 84 valence electrons. The van der Waals surface area contributed by atoms with Crippen LogP contribution < -0.4 is 10.5 Å². The standard InChI is InChI=1S/C12H14N2OS/c1-3-15-10-6-4-9(5-7-10)11-8(2)16-12(13)14-11/h4-7H,3H2,1-2H3,(H2,13,14). The van der Waals surface area contributed by atoms with Gasteiger partial charge in [-0.25, -0.2) is 4.98 Å². The van der Waals surface area contributed by atoms with E-state index in [0.717, 1.165) is 21.9 Å². The third-order valence-corrected chi connectivity index (χ3v) is 3.05. The normalized spacial score (nSPS) is 10.4. The van der Waals surface area contributed by atoms with Gasteiger partial charge < -0.3 is 10.5 Å². The molecule has 0 spiro atoms. The topological polar surface area (TPSA) is 48.1 Å². The fraction of sp³-hybridized carbons (Fsp3) is 0.250. The summed E-state index contributed by atoms with van der Waals surface area (Å²) >= 11 is 1.51. The Morgan fingerprint density at radius 2 is 2.00 bits per heavy atom. The molecule has 0 bridgehead atoms. The quantitative estimate of drug-likeness (QED) is 0.887. The van der Waals surface area contributed by atoms with Crippen LogP contribution in [0.1, 0.15) is 11.8 Å². The molecule has 2 N–H and O–H groups in total. The average Bonchev–Trinajstić information content (AvgIpc) is 2.59. The van der Waals surface area contributed by atoms with Crippen molar-refractivity contribution >= 4 is 16.5 Å². The highest BCUT2D eigenvalue weighted by molar-refractivity contribution is 7.15. The summed E-state index contributed by atoms with van der Waals surface area (Å²) in [4.78, 5) is 5.45. The van der Waals surface area contributed by atoms with Gasteiger partial charge in [0.05, 0.1) is 12.3 Å². The van der Waals surface area contributed by atoms with E-state index in [4.69, 9.17) is 10.5 Å². The van der Waals surface area contributed by atoms with Crippen LogP contribution in [-0.4, -0.2) is 11.6 Å². The Bertz CT molecular complexity index is 476. The van der Waals surface area contributed by atoms with E-state index in [1.165, 1.54) is 11.3 Å². The van der Waals surface area contributed by atoms with Crippen LogP contribution >= 0.6 is 11.3 Å². The molecule has 1 aromatic carbocycles. The molecule has 16 heavy (non-hydrogen) atoms. The largest absolute Gasteiger partial charge is 0.494 e. The molecule has 1 aromatic heterocycles. The van der Waals surface area contributed by atoms with Crippen molar-refractivity contribution in [3.8, 4) is 17.0 Å². The van der Waals surface area contributed by atoms with E-state index in [-0.39, 0.29) is 0 Å². The molecular weight excluding hydrogens is 220 g/mol. The first-order valence-electron chi connectivity index (χ1n) is 5.17. The maximum Gasteiger partial charge on any atom is 0.180 e. The van der Waals surface area contributed by atoms with Crippen molar-refractivity contribution in [2.45, 2.75) is 13.8 Å². The third-order valence-electron chi connectivity index (χ3n) is 2.25. The average molecular weight is 234 g/mol. The molecule has 0 amide bonds. The molecule has 0 aliphatic rings. The van der Waals surface area contributed by atoms with Gasteiger partial charge in [0.2, 0.25) is 0 Å². The molecule has 0 fully saturated rings. The van der Waals surface area contributed by atoms with Gasteiger partial charge in [-0.15, -0.1) is 11.3 Å². The number of hydrogen-bond donors (Lipinski definition) is 1. The van der Waals surface area contributed by atoms with Crippen LogP contribution in [-0.2, 0) is 0 Å². The highest BCUT2D eigenvalue weighted by Crippen LogP contribution is 2.29. The Morgan fingerprint density at radius 3 is 2.50 bits per heavy atom. The van der Waals surface area contributed by atoms with Crippen molar-refractivity contribution < 1.29 is 4.74 Å². The minimum absolute atomic E-state index is 0.612. The molecule has 4 heteroatoms. The summed E-state index contributed by atoms with van der Waals surface area (Å²) in [5, 5.41) is 0.612. The smallest absolute Gasteiger partial charge is 0.180 e. The molecule has 3 nitrogen and oxygen atoms in total. The van der Waals surface area contributed by atoms with E-state index in [1.54, 1.807) is 0 Å². The van der Waals surface area contributed by atoms with Crippen molar-refractivity contribution in [2.24, 2.45) is 0 Å². The Hall–Kier alpha value is -1.55. The van der Waals surface area contributed by atoms with Crippen molar-refractivity contribution in [3.63, 3.8) is 0 Å². The van der Waals surface area contributed by atoms with Crippen LogP contribution in [0.4, 0.5) is 5.13 Å². The number of rotatable bonds is 3. The van der Waals surface area contributed by atoms with E-state index in [0.29, 0.717) is 11.7 Å². The Labute approximate surface area is 98.9 Å². The Balaban J connectivity index is 2.31. The SMILES string of the molecule is CCOc1ccc(-c2nc(N)sc2C)cc1. The van der Waals surface area contributed by atoms with Gasteiger partial charge in [-0.2, -0.15) is 0 Å². The number of hydrogen-bond acceptors (Lipinski definition) is 4. The van der Waals surface area contributed by atoms with Crippen LogP contribution in [0.2, 0.25) is 0 Å². The second-order valence-electron chi connectivity index (χ2n) is 3.41. The first-order chi connectivity index (χ1) is 7.70. The molecule has 2 rings (SSSR count). The van der Waals surface area contributed by atoms with E-state index >= 15 is 0 Å². The maximum atomic E-state index is 5.68. The number of nitrogens with two attached hydrogens (primary N) is 1. The van der Waals surface area contributed by atoms with Crippen LogP contribution in [0.3, 0.4) is 0 Å². The lowest BCUT2D eigenvalue weighted by Gasteiger charge is -2.03. The van der Waals surface area contributed by atoms with Crippen LogP contribution in [0.25, 0.3) is 11.3 Å². The monoisotopic (exact) mass is 234 g/mol. The number of thiazole rings is 1. The molecule has 0 radical (unpaired) electrons. The van der Waals surface area contributed by atoms with Gasteiger partial charge in [0.1, 0.15) is 5.75 Å². The lowest BCUT2D eigenvalue weighted by atomic mass is 10.1. The fourth-order valence-electron chi connectivity index (χ4n) is 1.56. The van der Waals surface area contributed by atoms with Gasteiger partial charge in [-0.1, -0.05) is 0 Å². The summed E-state index contributed by atoms with van der Waals surface area (Å²) in [6.45, 7) is 4.68. The van der Waals surface area contributed by atoms with Crippen LogP contribution in [0, 0.1) is 6.92 Å². The lowest BCUT2D eigenvalue weighted by molar-refractivity contribution is 0.340. The molecule has 0 unspecified atom stereocenters. The second kappa shape index (κ2) is 4.53. The fourth-order valence-corrected chi connectivity index (χ4v) is 2.27. The third kappa shape index (κ3) is 2.17. The summed E-state index contributed by atoms with van der Waals surface area (Å²) in [6, 6.07) is 7.92. The molecule has 0 aliphatic heterocycles. The highest BCUT2D eigenvalue weighted by Gasteiger charge is 2.07. The number of nitrogens with zero attached hydrogens (tertiary/aromatic N) is 1. The first kappa shape index (κ1) is 11.0. The zero-order valence-electron chi connectivity index (χ0n) is 9.36. The molecular formula is C12H14N2OS. The Kier molecular flexibility index (Phi) is 3.10. The van der Waals surface area contributed by atoms with E-state index in [1.807, 2.05) is 38.1 Å². The number of anilines is 1. The number of aromatic nitrogens is 1. The summed E-state index contributed by atoms with van der Waals surface area (Å²) in [5.74, 6) is 0.882. The Morgan fingerprint density at radius 1 is 1.31 bits per heavy atom. The first-order valence-corrected chi connectivity index (χ1v) is 5.98. The number of ether oxygens (including phenoxy) is 1. The van der Waals surface area contributed by atoms with Gasteiger partial charge in [0, 0.05) is 10.4 Å². The summed E-state index contributed by atoms with van der Waals surface area (Å²) < 4.78 is 5.39. The van der Waals surface area contributed by atoms with Crippen molar-refractivity contribution in [2.75, 3.05) is 12.3 Å². The zero-order valence-corrected chi connectivity index (χ0v) is 10.2. The van der Waals surface area contributed by atoms with Crippen molar-refractivity contribution in [3.05, 3.63) is 29.1 Å². The summed E-state index contributed by atoms with van der Waals surface area (Å²) in [7, 11) is 0. The lowest BCUT2D eigenvalue weighted by Crippen LogP contribution is -1.91. The number of aryl methyl sites for hydroxylation is 1. The van der Waals surface area contributed by atoms with Gasteiger partial charge in [0.25, 0.3) is 0 Å². The minimum atomic E-state index is 0.612. The van der Waals surface area contributed by atoms with Crippen molar-refractivity contribution in [1.29, 1.82) is 0 Å².